The molecule has 0 aromatic heterocycles. The summed E-state index contributed by atoms with van der Waals surface area (Å²) in [6, 6.07) is 2.15. The van der Waals surface area contributed by atoms with Gasteiger partial charge in [0.1, 0.15) is 5.82 Å². The molecule has 0 nitrogen and oxygen atoms in total. The Kier molecular flexibility index (Phi) is 1.91. The van der Waals surface area contributed by atoms with Crippen molar-refractivity contribution in [2.45, 2.75) is 18.8 Å². The lowest BCUT2D eigenvalue weighted by Gasteiger charge is -2.10. The number of halogens is 4. The summed E-state index contributed by atoms with van der Waals surface area (Å²) in [7, 11) is 0. The maximum Gasteiger partial charge on any atom is 0.273 e. The molecule has 0 unspecified atom stereocenters. The van der Waals surface area contributed by atoms with Gasteiger partial charge in [-0.25, -0.2) is 13.2 Å². The Bertz CT molecular complexity index is 360. The minimum absolute atomic E-state index is 0.167. The fourth-order valence-corrected chi connectivity index (χ4v) is 2.23. The number of rotatable bonds is 0. The van der Waals surface area contributed by atoms with E-state index in [1.165, 1.54) is 6.07 Å². The van der Waals surface area contributed by atoms with Crippen LogP contribution in [0.4, 0.5) is 13.2 Å². The Labute approximate surface area is 81.9 Å². The van der Waals surface area contributed by atoms with Crippen molar-refractivity contribution in [1.82, 2.24) is 0 Å². The lowest BCUT2D eigenvalue weighted by molar-refractivity contribution is -0.00209. The SMILES string of the molecule is Fc1cc(Br)c2c(c1)C(F)(F)CC2. The van der Waals surface area contributed by atoms with Crippen molar-refractivity contribution in [2.24, 2.45) is 0 Å². The highest BCUT2D eigenvalue weighted by atomic mass is 79.9. The molecule has 0 fully saturated rings. The molecular weight excluding hydrogens is 245 g/mol. The van der Waals surface area contributed by atoms with Gasteiger partial charge in [0.25, 0.3) is 5.92 Å². The molecule has 4 heteroatoms. The Hall–Kier alpha value is -0.510. The molecular formula is C9H6BrF3. The molecule has 13 heavy (non-hydrogen) atoms. The standard InChI is InChI=1S/C9H6BrF3/c10-8-4-5(11)3-7-6(8)1-2-9(7,12)13/h3-4H,1-2H2. The molecule has 0 atom stereocenters. The van der Waals surface area contributed by atoms with Gasteiger partial charge in [0.05, 0.1) is 0 Å². The van der Waals surface area contributed by atoms with Crippen molar-refractivity contribution in [3.8, 4) is 0 Å². The van der Waals surface area contributed by atoms with Crippen LogP contribution in [0.15, 0.2) is 16.6 Å². The van der Waals surface area contributed by atoms with Crippen LogP contribution in [0.5, 0.6) is 0 Å². The number of hydrogen-bond donors (Lipinski definition) is 0. The maximum atomic E-state index is 13.1. The van der Waals surface area contributed by atoms with Crippen LogP contribution in [0.3, 0.4) is 0 Å². The molecule has 2 rings (SSSR count). The van der Waals surface area contributed by atoms with Crippen LogP contribution < -0.4 is 0 Å². The average Bonchev–Trinajstić information content (AvgIpc) is 2.28. The van der Waals surface area contributed by atoms with Gasteiger partial charge < -0.3 is 0 Å². The van der Waals surface area contributed by atoms with E-state index in [0.29, 0.717) is 16.5 Å². The van der Waals surface area contributed by atoms with E-state index in [2.05, 4.69) is 15.9 Å². The molecule has 0 amide bonds. The van der Waals surface area contributed by atoms with Gasteiger partial charge in [-0.3, -0.25) is 0 Å². The average molecular weight is 251 g/mol. The van der Waals surface area contributed by atoms with E-state index < -0.39 is 11.7 Å². The van der Waals surface area contributed by atoms with Crippen molar-refractivity contribution in [3.63, 3.8) is 0 Å². The second-order valence-electron chi connectivity index (χ2n) is 3.12. The third-order valence-corrected chi connectivity index (χ3v) is 2.95. The van der Waals surface area contributed by atoms with Gasteiger partial charge >= 0.3 is 0 Å². The van der Waals surface area contributed by atoms with Crippen LogP contribution in [0.25, 0.3) is 0 Å². The van der Waals surface area contributed by atoms with Gasteiger partial charge in [0, 0.05) is 16.5 Å². The second-order valence-corrected chi connectivity index (χ2v) is 3.97. The van der Waals surface area contributed by atoms with Gasteiger partial charge in [-0.2, -0.15) is 0 Å². The van der Waals surface area contributed by atoms with Crippen LogP contribution in [0.2, 0.25) is 0 Å². The van der Waals surface area contributed by atoms with Crippen molar-refractivity contribution < 1.29 is 13.2 Å². The van der Waals surface area contributed by atoms with Gasteiger partial charge in [-0.1, -0.05) is 15.9 Å². The molecule has 70 valence electrons. The molecule has 1 aromatic rings. The van der Waals surface area contributed by atoms with Crippen LogP contribution in [0.1, 0.15) is 17.5 Å². The second kappa shape index (κ2) is 2.74. The lowest BCUT2D eigenvalue weighted by Crippen LogP contribution is -2.07. The largest absolute Gasteiger partial charge is 0.273 e. The number of hydrogen-bond acceptors (Lipinski definition) is 0. The Morgan fingerprint density at radius 3 is 2.69 bits per heavy atom. The molecule has 1 aliphatic carbocycles. The highest BCUT2D eigenvalue weighted by Crippen LogP contribution is 2.44. The summed E-state index contributed by atoms with van der Waals surface area (Å²) in [4.78, 5) is 0. The Balaban J connectivity index is 2.65. The highest BCUT2D eigenvalue weighted by Gasteiger charge is 2.40. The predicted octanol–water partition coefficient (Wildman–Crippen LogP) is 3.63. The fraction of sp³-hybridized carbons (Fsp3) is 0.333. The van der Waals surface area contributed by atoms with Crippen molar-refractivity contribution >= 4 is 15.9 Å². The molecule has 0 bridgehead atoms. The quantitative estimate of drug-likeness (QED) is 0.660. The molecule has 0 saturated carbocycles. The molecule has 0 spiro atoms. The van der Waals surface area contributed by atoms with E-state index in [9.17, 15) is 13.2 Å². The third-order valence-electron chi connectivity index (χ3n) is 2.24. The van der Waals surface area contributed by atoms with Crippen LogP contribution in [0, 0.1) is 5.82 Å². The van der Waals surface area contributed by atoms with Crippen LogP contribution in [-0.2, 0) is 12.3 Å². The molecule has 0 heterocycles. The van der Waals surface area contributed by atoms with Crippen molar-refractivity contribution in [2.75, 3.05) is 0 Å². The summed E-state index contributed by atoms with van der Waals surface area (Å²) in [5.41, 5.74) is 0.366. The monoisotopic (exact) mass is 250 g/mol. The smallest absolute Gasteiger partial charge is 0.207 e. The van der Waals surface area contributed by atoms with E-state index in [-0.39, 0.29) is 12.0 Å². The van der Waals surface area contributed by atoms with E-state index >= 15 is 0 Å². The first-order valence-corrected chi connectivity index (χ1v) is 4.66. The zero-order valence-electron chi connectivity index (χ0n) is 6.58. The molecule has 1 aliphatic rings. The highest BCUT2D eigenvalue weighted by molar-refractivity contribution is 9.10. The Morgan fingerprint density at radius 2 is 2.00 bits per heavy atom. The minimum Gasteiger partial charge on any atom is -0.207 e. The van der Waals surface area contributed by atoms with Crippen LogP contribution >= 0.6 is 15.9 Å². The van der Waals surface area contributed by atoms with Gasteiger partial charge in [0.2, 0.25) is 0 Å². The first-order chi connectivity index (χ1) is 6.00. The molecule has 0 aliphatic heterocycles. The number of alkyl halides is 2. The van der Waals surface area contributed by atoms with Crippen LogP contribution in [-0.4, -0.2) is 0 Å². The van der Waals surface area contributed by atoms with E-state index in [1.807, 2.05) is 0 Å². The third kappa shape index (κ3) is 1.37. The van der Waals surface area contributed by atoms with E-state index in [1.54, 1.807) is 0 Å². The molecule has 0 N–H and O–H groups in total. The Morgan fingerprint density at radius 1 is 1.31 bits per heavy atom. The summed E-state index contributed by atoms with van der Waals surface area (Å²) in [5.74, 6) is -3.48. The van der Waals surface area contributed by atoms with Crippen molar-refractivity contribution in [3.05, 3.63) is 33.5 Å². The van der Waals surface area contributed by atoms with Gasteiger partial charge in [0.15, 0.2) is 0 Å². The van der Waals surface area contributed by atoms with E-state index in [4.69, 9.17) is 0 Å². The lowest BCUT2D eigenvalue weighted by atomic mass is 10.1. The first kappa shape index (κ1) is 9.06. The zero-order chi connectivity index (χ0) is 9.64. The van der Waals surface area contributed by atoms with Crippen molar-refractivity contribution in [1.29, 1.82) is 0 Å². The van der Waals surface area contributed by atoms with Gasteiger partial charge in [-0.15, -0.1) is 0 Å². The summed E-state index contributed by atoms with van der Waals surface area (Å²) < 4.78 is 39.5. The first-order valence-electron chi connectivity index (χ1n) is 3.87. The molecule has 1 aromatic carbocycles. The number of fused-ring (bicyclic) bond motifs is 1. The molecule has 0 radical (unpaired) electrons. The van der Waals surface area contributed by atoms with Gasteiger partial charge in [-0.05, 0) is 24.1 Å². The summed E-state index contributed by atoms with van der Waals surface area (Å²) >= 11 is 3.08. The van der Waals surface area contributed by atoms with E-state index in [0.717, 1.165) is 6.07 Å². The normalized spacial score (nSPS) is 18.8. The maximum absolute atomic E-state index is 13.1. The topological polar surface area (TPSA) is 0 Å². The molecule has 0 saturated heterocycles. The minimum atomic E-state index is -2.86. The zero-order valence-corrected chi connectivity index (χ0v) is 8.17. The number of benzene rings is 1. The summed E-state index contributed by atoms with van der Waals surface area (Å²) in [5, 5.41) is 0. The summed E-state index contributed by atoms with van der Waals surface area (Å²) in [6.07, 6.45) is 0.0909. The summed E-state index contributed by atoms with van der Waals surface area (Å²) in [6.45, 7) is 0. The fourth-order valence-electron chi connectivity index (χ4n) is 1.60. The predicted molar refractivity (Wildman–Crippen MR) is 46.3 cm³/mol.